The Labute approximate surface area is 248 Å². The number of piperazine rings is 1. The predicted octanol–water partition coefficient (Wildman–Crippen LogP) is 3.70. The fraction of sp³-hybridized carbons (Fsp3) is 0.276. The first kappa shape index (κ1) is 29.8. The Balaban J connectivity index is 1.18. The summed E-state index contributed by atoms with van der Waals surface area (Å²) < 4.78 is 44.1. The van der Waals surface area contributed by atoms with Gasteiger partial charge < -0.3 is 24.9 Å². The highest BCUT2D eigenvalue weighted by Crippen LogP contribution is 2.29. The number of anilines is 1. The highest BCUT2D eigenvalue weighted by molar-refractivity contribution is 6.31. The van der Waals surface area contributed by atoms with E-state index in [1.165, 1.54) is 12.1 Å². The van der Waals surface area contributed by atoms with Crippen LogP contribution in [-0.4, -0.2) is 71.4 Å². The number of carbonyl (C=O) groups is 3. The van der Waals surface area contributed by atoms with Crippen molar-refractivity contribution in [2.24, 2.45) is 0 Å². The van der Waals surface area contributed by atoms with Gasteiger partial charge in [0.05, 0.1) is 12.1 Å². The maximum atomic E-state index is 13.2. The van der Waals surface area contributed by atoms with Gasteiger partial charge in [0.25, 0.3) is 5.91 Å². The summed E-state index contributed by atoms with van der Waals surface area (Å²) >= 11 is 6.02. The second-order valence-electron chi connectivity index (χ2n) is 9.83. The molecule has 0 unspecified atom stereocenters. The van der Waals surface area contributed by atoms with Gasteiger partial charge in [-0.2, -0.15) is 13.2 Å². The normalized spacial score (nSPS) is 14.4. The van der Waals surface area contributed by atoms with Gasteiger partial charge in [-0.15, -0.1) is 0 Å². The quantitative estimate of drug-likeness (QED) is 0.311. The molecule has 1 fully saturated rings. The number of rotatable bonds is 8. The molecule has 0 radical (unpaired) electrons. The fourth-order valence-corrected chi connectivity index (χ4v) is 4.80. The highest BCUT2D eigenvalue weighted by Gasteiger charge is 2.31. The number of halogens is 4. The number of hydrogen-bond donors (Lipinski definition) is 2. The average Bonchev–Trinajstić information content (AvgIpc) is 3.43. The second kappa shape index (κ2) is 12.7. The number of furan rings is 1. The minimum atomic E-state index is -4.47. The second-order valence-corrected chi connectivity index (χ2v) is 10.3. The molecule has 5 rings (SSSR count). The molecule has 1 atom stereocenters. The number of alkyl halides is 3. The number of aromatic nitrogens is 2. The maximum Gasteiger partial charge on any atom is 0.417 e. The molecule has 0 aliphatic carbocycles. The van der Waals surface area contributed by atoms with Crippen molar-refractivity contribution in [1.29, 1.82) is 0 Å². The number of hydrogen-bond acceptors (Lipinski definition) is 7. The summed E-state index contributed by atoms with van der Waals surface area (Å²) in [5.74, 6) is -1.17. The third-order valence-corrected chi connectivity index (χ3v) is 7.14. The Bertz CT molecular complexity index is 1610. The molecule has 3 amide bonds. The van der Waals surface area contributed by atoms with E-state index in [-0.39, 0.29) is 24.6 Å². The van der Waals surface area contributed by atoms with Crippen LogP contribution >= 0.6 is 11.6 Å². The zero-order valence-corrected chi connectivity index (χ0v) is 23.4. The lowest BCUT2D eigenvalue weighted by atomic mass is 10.1. The molecule has 0 saturated carbocycles. The van der Waals surface area contributed by atoms with Crippen molar-refractivity contribution in [3.05, 3.63) is 89.0 Å². The van der Waals surface area contributed by atoms with E-state index in [1.54, 1.807) is 52.4 Å². The van der Waals surface area contributed by atoms with Crippen LogP contribution in [0.5, 0.6) is 0 Å². The first-order chi connectivity index (χ1) is 20.6. The summed E-state index contributed by atoms with van der Waals surface area (Å²) in [6.45, 7) is 0.997. The SMILES string of the molecule is O=C(N[C@@H](Cc1ccccn1)C(=O)NCC(=O)N1CCN(c2ccc(C(F)(F)F)cn2)CC1)c1cc2cc(Cl)ccc2o1. The predicted molar refractivity (Wildman–Crippen MR) is 151 cm³/mol. The molecular formula is C29H26ClF3N6O4. The van der Waals surface area contributed by atoms with Crippen molar-refractivity contribution in [3.8, 4) is 0 Å². The van der Waals surface area contributed by atoms with Gasteiger partial charge in [-0.25, -0.2) is 4.98 Å². The van der Waals surface area contributed by atoms with Gasteiger partial charge in [-0.3, -0.25) is 19.4 Å². The van der Waals surface area contributed by atoms with Crippen molar-refractivity contribution in [1.82, 2.24) is 25.5 Å². The first-order valence-corrected chi connectivity index (χ1v) is 13.7. The molecule has 224 valence electrons. The largest absolute Gasteiger partial charge is 0.451 e. The van der Waals surface area contributed by atoms with Crippen LogP contribution in [0, 0.1) is 0 Å². The lowest BCUT2D eigenvalue weighted by Gasteiger charge is -2.35. The van der Waals surface area contributed by atoms with Gasteiger partial charge in [0.15, 0.2) is 5.76 Å². The van der Waals surface area contributed by atoms with Gasteiger partial charge in [0.1, 0.15) is 17.4 Å². The molecule has 3 aromatic heterocycles. The van der Waals surface area contributed by atoms with E-state index in [9.17, 15) is 27.6 Å². The van der Waals surface area contributed by atoms with E-state index in [0.717, 1.165) is 12.3 Å². The number of nitrogens with one attached hydrogen (secondary N) is 2. The minimum absolute atomic E-state index is 0.00688. The van der Waals surface area contributed by atoms with Crippen LogP contribution in [0.4, 0.5) is 19.0 Å². The van der Waals surface area contributed by atoms with Crippen LogP contribution in [0.15, 0.2) is 71.4 Å². The maximum absolute atomic E-state index is 13.2. The van der Waals surface area contributed by atoms with E-state index in [4.69, 9.17) is 16.0 Å². The van der Waals surface area contributed by atoms with E-state index in [2.05, 4.69) is 20.6 Å². The van der Waals surface area contributed by atoms with Crippen LogP contribution in [0.3, 0.4) is 0 Å². The minimum Gasteiger partial charge on any atom is -0.451 e. The third kappa shape index (κ3) is 7.41. The van der Waals surface area contributed by atoms with Crippen LogP contribution < -0.4 is 15.5 Å². The topological polar surface area (TPSA) is 121 Å². The molecule has 43 heavy (non-hydrogen) atoms. The van der Waals surface area contributed by atoms with Gasteiger partial charge in [-0.05, 0) is 48.5 Å². The molecule has 1 saturated heterocycles. The highest BCUT2D eigenvalue weighted by atomic mass is 35.5. The number of nitrogens with zero attached hydrogens (tertiary/aromatic N) is 4. The molecule has 1 aliphatic rings. The molecule has 4 aromatic rings. The molecule has 0 bridgehead atoms. The van der Waals surface area contributed by atoms with Crippen molar-refractivity contribution in [3.63, 3.8) is 0 Å². The number of fused-ring (bicyclic) bond motifs is 1. The summed E-state index contributed by atoms with van der Waals surface area (Å²) in [6, 6.07) is 12.9. The summed E-state index contributed by atoms with van der Waals surface area (Å²) in [4.78, 5) is 50.6. The molecule has 1 aromatic carbocycles. The van der Waals surface area contributed by atoms with Crippen LogP contribution in [0.25, 0.3) is 11.0 Å². The molecule has 1 aliphatic heterocycles. The molecular weight excluding hydrogens is 589 g/mol. The monoisotopic (exact) mass is 614 g/mol. The van der Waals surface area contributed by atoms with Crippen LogP contribution in [0.1, 0.15) is 21.8 Å². The van der Waals surface area contributed by atoms with E-state index >= 15 is 0 Å². The zero-order chi connectivity index (χ0) is 30.6. The van der Waals surface area contributed by atoms with Crippen molar-refractivity contribution in [2.45, 2.75) is 18.6 Å². The summed E-state index contributed by atoms with van der Waals surface area (Å²) in [5, 5.41) is 6.38. The summed E-state index contributed by atoms with van der Waals surface area (Å²) in [5.41, 5.74) is 0.180. The van der Waals surface area contributed by atoms with Gasteiger partial charge >= 0.3 is 6.18 Å². The lowest BCUT2D eigenvalue weighted by Crippen LogP contribution is -2.53. The first-order valence-electron chi connectivity index (χ1n) is 13.3. The van der Waals surface area contributed by atoms with Gasteiger partial charge in [-0.1, -0.05) is 17.7 Å². The van der Waals surface area contributed by atoms with E-state index < -0.39 is 29.6 Å². The zero-order valence-electron chi connectivity index (χ0n) is 22.6. The molecule has 0 spiro atoms. The Kier molecular flexibility index (Phi) is 8.81. The van der Waals surface area contributed by atoms with Crippen LogP contribution in [-0.2, 0) is 22.2 Å². The molecule has 14 heteroatoms. The Morgan fingerprint density at radius 2 is 1.79 bits per heavy atom. The number of benzene rings is 1. The third-order valence-electron chi connectivity index (χ3n) is 6.91. The fourth-order valence-electron chi connectivity index (χ4n) is 4.62. The Hall–Kier alpha value is -4.65. The number of pyridine rings is 2. The molecule has 2 N–H and O–H groups in total. The number of amides is 3. The smallest absolute Gasteiger partial charge is 0.417 e. The van der Waals surface area contributed by atoms with Gasteiger partial charge in [0, 0.05) is 61.1 Å². The van der Waals surface area contributed by atoms with Crippen molar-refractivity contribution >= 4 is 46.1 Å². The summed E-state index contributed by atoms with van der Waals surface area (Å²) in [6.07, 6.45) is -2.05. The summed E-state index contributed by atoms with van der Waals surface area (Å²) in [7, 11) is 0. The van der Waals surface area contributed by atoms with E-state index in [0.29, 0.717) is 53.7 Å². The molecule has 4 heterocycles. The molecule has 10 nitrogen and oxygen atoms in total. The van der Waals surface area contributed by atoms with Crippen molar-refractivity contribution in [2.75, 3.05) is 37.6 Å². The van der Waals surface area contributed by atoms with Crippen LogP contribution in [0.2, 0.25) is 5.02 Å². The Morgan fingerprint density at radius 3 is 2.47 bits per heavy atom. The standard InChI is InChI=1S/C29H26ClF3N6O4/c30-20-5-6-23-18(13-20)14-24(43-23)28(42)37-22(15-21-3-1-2-8-34-21)27(41)36-17-26(40)39-11-9-38(10-12-39)25-7-4-19(16-35-25)29(31,32)33/h1-8,13-14,16,22H,9-12,15,17H2,(H,36,41)(H,37,42)/t22-/m0/s1. The number of carbonyl (C=O) groups excluding carboxylic acids is 3. The van der Waals surface area contributed by atoms with E-state index in [1.807, 2.05) is 0 Å². The van der Waals surface area contributed by atoms with Crippen molar-refractivity contribution < 1.29 is 32.0 Å². The van der Waals surface area contributed by atoms with Gasteiger partial charge in [0.2, 0.25) is 11.8 Å². The lowest BCUT2D eigenvalue weighted by molar-refractivity contribution is -0.137. The average molecular weight is 615 g/mol. The Morgan fingerprint density at radius 1 is 1.00 bits per heavy atom.